The van der Waals surface area contributed by atoms with E-state index in [1.807, 2.05) is 78.6 Å². The standard InChI is InChI=1S/C23H20N2O2S/c1-16-11-13-18(14-12-16)25-21(26)15-28-23(25)19-9-5-6-10-20(19)24-22(27)17-7-3-2-4-8-17/h2-14,23H,15H2,1H3,(H,24,27). The minimum Gasteiger partial charge on any atom is -0.322 e. The smallest absolute Gasteiger partial charge is 0.255 e. The van der Waals surface area contributed by atoms with Crippen molar-refractivity contribution in [1.82, 2.24) is 0 Å². The lowest BCUT2D eigenvalue weighted by Crippen LogP contribution is -2.28. The second kappa shape index (κ2) is 7.90. The van der Waals surface area contributed by atoms with E-state index in [1.54, 1.807) is 23.9 Å². The highest BCUT2D eigenvalue weighted by atomic mass is 32.2. The highest BCUT2D eigenvalue weighted by Crippen LogP contribution is 2.44. The van der Waals surface area contributed by atoms with Crippen molar-refractivity contribution >= 4 is 35.0 Å². The maximum atomic E-state index is 12.6. The number of amides is 2. The largest absolute Gasteiger partial charge is 0.322 e. The minimum atomic E-state index is -0.178. The van der Waals surface area contributed by atoms with Crippen molar-refractivity contribution < 1.29 is 9.59 Å². The summed E-state index contributed by atoms with van der Waals surface area (Å²) in [5.74, 6) is 0.326. The van der Waals surface area contributed by atoms with E-state index in [4.69, 9.17) is 0 Å². The summed E-state index contributed by atoms with van der Waals surface area (Å²) in [7, 11) is 0. The predicted molar refractivity (Wildman–Crippen MR) is 115 cm³/mol. The number of hydrogen-bond donors (Lipinski definition) is 1. The maximum Gasteiger partial charge on any atom is 0.255 e. The minimum absolute atomic E-state index is 0.0723. The Labute approximate surface area is 168 Å². The lowest BCUT2D eigenvalue weighted by molar-refractivity contribution is -0.115. The molecule has 4 rings (SSSR count). The molecule has 1 aliphatic heterocycles. The molecule has 4 nitrogen and oxygen atoms in total. The van der Waals surface area contributed by atoms with E-state index in [0.29, 0.717) is 11.3 Å². The van der Waals surface area contributed by atoms with Crippen LogP contribution >= 0.6 is 11.8 Å². The number of benzene rings is 3. The fourth-order valence-electron chi connectivity index (χ4n) is 3.25. The molecule has 28 heavy (non-hydrogen) atoms. The molecule has 140 valence electrons. The molecular weight excluding hydrogens is 368 g/mol. The van der Waals surface area contributed by atoms with Crippen LogP contribution in [0, 0.1) is 6.92 Å². The van der Waals surface area contributed by atoms with Gasteiger partial charge in [0.05, 0.1) is 5.75 Å². The molecule has 0 spiro atoms. The second-order valence-corrected chi connectivity index (χ2v) is 7.74. The van der Waals surface area contributed by atoms with Gasteiger partial charge in [0.1, 0.15) is 5.37 Å². The number of thioether (sulfide) groups is 1. The van der Waals surface area contributed by atoms with E-state index < -0.39 is 0 Å². The Morgan fingerprint density at radius 2 is 1.64 bits per heavy atom. The first-order chi connectivity index (χ1) is 13.6. The average Bonchev–Trinajstić information content (AvgIpc) is 3.11. The van der Waals surface area contributed by atoms with Crippen LogP contribution in [0.25, 0.3) is 0 Å². The van der Waals surface area contributed by atoms with Gasteiger partial charge >= 0.3 is 0 Å². The number of rotatable bonds is 4. The van der Waals surface area contributed by atoms with Gasteiger partial charge in [0.2, 0.25) is 5.91 Å². The van der Waals surface area contributed by atoms with Crippen molar-refractivity contribution in [3.8, 4) is 0 Å². The topological polar surface area (TPSA) is 49.4 Å². The average molecular weight is 388 g/mol. The van der Waals surface area contributed by atoms with E-state index in [1.165, 1.54) is 0 Å². The molecule has 3 aromatic carbocycles. The summed E-state index contributed by atoms with van der Waals surface area (Å²) in [6.45, 7) is 2.02. The Kier molecular flexibility index (Phi) is 5.17. The summed E-state index contributed by atoms with van der Waals surface area (Å²) >= 11 is 1.57. The third-order valence-corrected chi connectivity index (χ3v) is 5.89. The first-order valence-electron chi connectivity index (χ1n) is 9.09. The van der Waals surface area contributed by atoms with Gasteiger partial charge < -0.3 is 5.32 Å². The van der Waals surface area contributed by atoms with E-state index in [0.717, 1.165) is 22.5 Å². The second-order valence-electron chi connectivity index (χ2n) is 6.67. The number of aryl methyl sites for hydroxylation is 1. The highest BCUT2D eigenvalue weighted by Gasteiger charge is 2.35. The summed E-state index contributed by atoms with van der Waals surface area (Å²) in [5.41, 5.74) is 4.26. The van der Waals surface area contributed by atoms with Gasteiger partial charge in [0, 0.05) is 22.5 Å². The van der Waals surface area contributed by atoms with E-state index in [9.17, 15) is 9.59 Å². The SMILES string of the molecule is Cc1ccc(N2C(=O)CSC2c2ccccc2NC(=O)c2ccccc2)cc1. The van der Waals surface area contributed by atoms with Crippen LogP contribution in [0.4, 0.5) is 11.4 Å². The molecule has 1 aliphatic rings. The number of carbonyl (C=O) groups excluding carboxylic acids is 2. The van der Waals surface area contributed by atoms with Crippen LogP contribution in [0.5, 0.6) is 0 Å². The van der Waals surface area contributed by atoms with Crippen molar-refractivity contribution in [2.45, 2.75) is 12.3 Å². The lowest BCUT2D eigenvalue weighted by Gasteiger charge is -2.26. The molecule has 1 N–H and O–H groups in total. The van der Waals surface area contributed by atoms with Gasteiger partial charge in [-0.2, -0.15) is 0 Å². The zero-order valence-corrected chi connectivity index (χ0v) is 16.3. The van der Waals surface area contributed by atoms with Gasteiger partial charge in [-0.3, -0.25) is 14.5 Å². The number of carbonyl (C=O) groups is 2. The fourth-order valence-corrected chi connectivity index (χ4v) is 4.46. The molecule has 1 atom stereocenters. The van der Waals surface area contributed by atoms with Crippen LogP contribution in [0.2, 0.25) is 0 Å². The maximum absolute atomic E-state index is 12.6. The lowest BCUT2D eigenvalue weighted by atomic mass is 10.1. The highest BCUT2D eigenvalue weighted by molar-refractivity contribution is 8.00. The van der Waals surface area contributed by atoms with Gasteiger partial charge in [-0.25, -0.2) is 0 Å². The van der Waals surface area contributed by atoms with Crippen LogP contribution in [0.3, 0.4) is 0 Å². The Morgan fingerprint density at radius 1 is 0.964 bits per heavy atom. The van der Waals surface area contributed by atoms with E-state index in [2.05, 4.69) is 5.32 Å². The number of nitrogens with one attached hydrogen (secondary N) is 1. The molecule has 2 amide bonds. The quantitative estimate of drug-likeness (QED) is 0.682. The summed E-state index contributed by atoms with van der Waals surface area (Å²) in [6.07, 6.45) is 0. The summed E-state index contributed by atoms with van der Waals surface area (Å²) in [5, 5.41) is 2.83. The van der Waals surface area contributed by atoms with Crippen LogP contribution in [-0.2, 0) is 4.79 Å². The first-order valence-corrected chi connectivity index (χ1v) is 10.1. The molecule has 0 aliphatic carbocycles. The van der Waals surface area contributed by atoms with Crippen LogP contribution in [0.15, 0.2) is 78.9 Å². The van der Waals surface area contributed by atoms with Crippen LogP contribution in [0.1, 0.15) is 26.9 Å². The van der Waals surface area contributed by atoms with Crippen molar-refractivity contribution in [1.29, 1.82) is 0 Å². The number of hydrogen-bond acceptors (Lipinski definition) is 3. The zero-order valence-electron chi connectivity index (χ0n) is 15.5. The van der Waals surface area contributed by atoms with Gasteiger partial charge in [0.15, 0.2) is 0 Å². The molecule has 1 fully saturated rings. The molecule has 1 saturated heterocycles. The predicted octanol–water partition coefficient (Wildman–Crippen LogP) is 5.03. The molecule has 1 heterocycles. The van der Waals surface area contributed by atoms with E-state index >= 15 is 0 Å². The van der Waals surface area contributed by atoms with Crippen molar-refractivity contribution in [3.05, 3.63) is 95.6 Å². The monoisotopic (exact) mass is 388 g/mol. The Hall–Kier alpha value is -3.05. The molecule has 3 aromatic rings. The molecule has 0 radical (unpaired) electrons. The molecule has 0 aromatic heterocycles. The van der Waals surface area contributed by atoms with Crippen LogP contribution in [-0.4, -0.2) is 17.6 Å². The van der Waals surface area contributed by atoms with Crippen molar-refractivity contribution in [3.63, 3.8) is 0 Å². The van der Waals surface area contributed by atoms with Gasteiger partial charge in [-0.05, 0) is 37.3 Å². The van der Waals surface area contributed by atoms with Crippen molar-refractivity contribution in [2.24, 2.45) is 0 Å². The fraction of sp³-hybridized carbons (Fsp3) is 0.130. The molecule has 0 bridgehead atoms. The zero-order chi connectivity index (χ0) is 19.5. The Bertz CT molecular complexity index is 1000. The Balaban J connectivity index is 1.66. The normalized spacial score (nSPS) is 16.2. The molecule has 1 unspecified atom stereocenters. The molecule has 0 saturated carbocycles. The third-order valence-electron chi connectivity index (χ3n) is 4.69. The number of nitrogens with zero attached hydrogens (tertiary/aromatic N) is 1. The van der Waals surface area contributed by atoms with Gasteiger partial charge in [0.25, 0.3) is 5.91 Å². The molecule has 5 heteroatoms. The van der Waals surface area contributed by atoms with E-state index in [-0.39, 0.29) is 17.2 Å². The third kappa shape index (κ3) is 3.66. The Morgan fingerprint density at radius 3 is 2.39 bits per heavy atom. The van der Waals surface area contributed by atoms with Crippen molar-refractivity contribution in [2.75, 3.05) is 16.0 Å². The van der Waals surface area contributed by atoms with Gasteiger partial charge in [-0.1, -0.05) is 54.1 Å². The van der Waals surface area contributed by atoms with Gasteiger partial charge in [-0.15, -0.1) is 11.8 Å². The number of anilines is 2. The summed E-state index contributed by atoms with van der Waals surface area (Å²) in [4.78, 5) is 27.1. The molecular formula is C23H20N2O2S. The summed E-state index contributed by atoms with van der Waals surface area (Å²) < 4.78 is 0. The van der Waals surface area contributed by atoms with Crippen LogP contribution < -0.4 is 10.2 Å². The first kappa shape index (κ1) is 18.3. The summed E-state index contributed by atoms with van der Waals surface area (Å²) in [6, 6.07) is 24.7. The number of para-hydroxylation sites is 1.